The van der Waals surface area contributed by atoms with Gasteiger partial charge >= 0.3 is 0 Å². The average molecular weight is 235 g/mol. The van der Waals surface area contributed by atoms with E-state index < -0.39 is 0 Å². The average Bonchev–Trinajstić information content (AvgIpc) is 2.77. The molecule has 0 fully saturated rings. The monoisotopic (exact) mass is 235 g/mol. The Bertz CT molecular complexity index is 379. The van der Waals surface area contributed by atoms with Gasteiger partial charge in [-0.25, -0.2) is 9.97 Å². The second kappa shape index (κ2) is 5.45. The lowest BCUT2D eigenvalue weighted by Crippen LogP contribution is -2.28. The second-order valence-corrected chi connectivity index (χ2v) is 5.01. The number of rotatable bonds is 5. The van der Waals surface area contributed by atoms with Gasteiger partial charge < -0.3 is 10.4 Å². The van der Waals surface area contributed by atoms with Gasteiger partial charge in [-0.05, 0) is 31.6 Å². The van der Waals surface area contributed by atoms with E-state index in [2.05, 4.69) is 29.1 Å². The van der Waals surface area contributed by atoms with Crippen LogP contribution in [0.2, 0.25) is 0 Å². The third kappa shape index (κ3) is 2.75. The molecule has 0 aromatic carbocycles. The molecule has 17 heavy (non-hydrogen) atoms. The number of nitrogens with zero attached hydrogens (tertiary/aromatic N) is 2. The van der Waals surface area contributed by atoms with Crippen LogP contribution >= 0.6 is 0 Å². The van der Waals surface area contributed by atoms with Gasteiger partial charge in [0, 0.05) is 23.9 Å². The van der Waals surface area contributed by atoms with Gasteiger partial charge in [-0.15, -0.1) is 0 Å². The van der Waals surface area contributed by atoms with Gasteiger partial charge in [0.05, 0.1) is 0 Å². The molecule has 2 N–H and O–H groups in total. The molecule has 4 nitrogen and oxygen atoms in total. The minimum atomic E-state index is 0.211. The molecule has 0 amide bonds. The molecule has 0 bridgehead atoms. The number of fused-ring (bicyclic) bond motifs is 1. The molecular formula is C13H21N3O. The summed E-state index contributed by atoms with van der Waals surface area (Å²) in [6.45, 7) is 4.53. The van der Waals surface area contributed by atoms with Gasteiger partial charge in [0.25, 0.3) is 0 Å². The fourth-order valence-corrected chi connectivity index (χ4v) is 2.37. The second-order valence-electron chi connectivity index (χ2n) is 5.01. The summed E-state index contributed by atoms with van der Waals surface area (Å²) in [4.78, 5) is 8.67. The molecule has 0 radical (unpaired) electrons. The highest BCUT2D eigenvalue weighted by Crippen LogP contribution is 2.26. The van der Waals surface area contributed by atoms with E-state index in [4.69, 9.17) is 5.11 Å². The lowest BCUT2D eigenvalue weighted by molar-refractivity contribution is 0.267. The Hall–Kier alpha value is -1.16. The molecule has 0 spiro atoms. The molecule has 1 aliphatic rings. The molecule has 94 valence electrons. The zero-order valence-corrected chi connectivity index (χ0v) is 10.6. The fraction of sp³-hybridized carbons (Fsp3) is 0.692. The normalized spacial score (nSPS) is 16.0. The maximum absolute atomic E-state index is 9.08. The highest BCUT2D eigenvalue weighted by molar-refractivity contribution is 5.48. The Morgan fingerprint density at radius 3 is 2.88 bits per heavy atom. The smallest absolute Gasteiger partial charge is 0.133 e. The van der Waals surface area contributed by atoms with Crippen LogP contribution in [0.1, 0.15) is 37.9 Å². The molecule has 0 saturated heterocycles. The molecule has 2 rings (SSSR count). The number of aliphatic hydroxyl groups excluding tert-OH is 1. The summed E-state index contributed by atoms with van der Waals surface area (Å²) < 4.78 is 0. The Morgan fingerprint density at radius 2 is 2.18 bits per heavy atom. The first-order chi connectivity index (χ1) is 8.22. The minimum absolute atomic E-state index is 0.211. The maximum atomic E-state index is 9.08. The van der Waals surface area contributed by atoms with Crippen molar-refractivity contribution < 1.29 is 5.11 Å². The van der Waals surface area contributed by atoms with Crippen LogP contribution in [-0.2, 0) is 12.8 Å². The van der Waals surface area contributed by atoms with Crippen LogP contribution in [0.3, 0.4) is 0 Å². The van der Waals surface area contributed by atoms with Gasteiger partial charge in [-0.3, -0.25) is 0 Å². The van der Waals surface area contributed by atoms with Crippen LogP contribution in [0.25, 0.3) is 0 Å². The zero-order chi connectivity index (χ0) is 12.3. The van der Waals surface area contributed by atoms with Crippen molar-refractivity contribution in [2.75, 3.05) is 11.9 Å². The van der Waals surface area contributed by atoms with Crippen molar-refractivity contribution in [2.24, 2.45) is 5.92 Å². The summed E-state index contributed by atoms with van der Waals surface area (Å²) in [5.41, 5.74) is 2.46. The molecule has 4 heteroatoms. The lowest BCUT2D eigenvalue weighted by atomic mass is 10.0. The Balaban J connectivity index is 2.14. The minimum Gasteiger partial charge on any atom is -0.396 e. The van der Waals surface area contributed by atoms with Gasteiger partial charge in [0.15, 0.2) is 0 Å². The Kier molecular flexibility index (Phi) is 3.94. The number of aliphatic hydroxyl groups is 1. The van der Waals surface area contributed by atoms with Crippen molar-refractivity contribution in [3.8, 4) is 0 Å². The van der Waals surface area contributed by atoms with Crippen LogP contribution in [-0.4, -0.2) is 27.7 Å². The van der Waals surface area contributed by atoms with Gasteiger partial charge in [-0.2, -0.15) is 0 Å². The fourth-order valence-electron chi connectivity index (χ4n) is 2.37. The van der Waals surface area contributed by atoms with Crippen molar-refractivity contribution in [1.82, 2.24) is 9.97 Å². The summed E-state index contributed by atoms with van der Waals surface area (Å²) in [5, 5.41) is 12.6. The largest absolute Gasteiger partial charge is 0.396 e. The summed E-state index contributed by atoms with van der Waals surface area (Å²) in [5.74, 6) is 1.45. The Morgan fingerprint density at radius 1 is 1.35 bits per heavy atom. The molecule has 1 heterocycles. The SMILES string of the molecule is CC(C)C(CCO)Nc1ncnc2c1CCC2. The summed E-state index contributed by atoms with van der Waals surface area (Å²) in [6.07, 6.45) is 5.72. The van der Waals surface area contributed by atoms with Crippen molar-refractivity contribution in [2.45, 2.75) is 45.6 Å². The van der Waals surface area contributed by atoms with Crippen LogP contribution in [0.15, 0.2) is 6.33 Å². The lowest BCUT2D eigenvalue weighted by Gasteiger charge is -2.23. The van der Waals surface area contributed by atoms with E-state index in [0.717, 1.165) is 25.1 Å². The molecule has 1 aliphatic carbocycles. The van der Waals surface area contributed by atoms with Crippen LogP contribution in [0, 0.1) is 5.92 Å². The van der Waals surface area contributed by atoms with Gasteiger partial charge in [-0.1, -0.05) is 13.8 Å². The van der Waals surface area contributed by atoms with E-state index in [1.807, 2.05) is 0 Å². The number of hydrogen-bond donors (Lipinski definition) is 2. The van der Waals surface area contributed by atoms with Crippen molar-refractivity contribution in [1.29, 1.82) is 0 Å². The third-order valence-corrected chi connectivity index (χ3v) is 3.44. The van der Waals surface area contributed by atoms with Crippen molar-refractivity contribution in [3.05, 3.63) is 17.6 Å². The van der Waals surface area contributed by atoms with Crippen molar-refractivity contribution >= 4 is 5.82 Å². The van der Waals surface area contributed by atoms with Crippen molar-refractivity contribution in [3.63, 3.8) is 0 Å². The quantitative estimate of drug-likeness (QED) is 0.817. The van der Waals surface area contributed by atoms with E-state index in [1.165, 1.54) is 17.7 Å². The summed E-state index contributed by atoms with van der Waals surface area (Å²) >= 11 is 0. The van der Waals surface area contributed by atoms with E-state index in [-0.39, 0.29) is 12.6 Å². The van der Waals surface area contributed by atoms with Crippen LogP contribution in [0.4, 0.5) is 5.82 Å². The topological polar surface area (TPSA) is 58.0 Å². The summed E-state index contributed by atoms with van der Waals surface area (Å²) in [6, 6.07) is 0.277. The van der Waals surface area contributed by atoms with Crippen LogP contribution < -0.4 is 5.32 Å². The number of aromatic nitrogens is 2. The molecule has 1 atom stereocenters. The first kappa shape index (κ1) is 12.3. The van der Waals surface area contributed by atoms with E-state index in [9.17, 15) is 0 Å². The first-order valence-electron chi connectivity index (χ1n) is 6.42. The molecule has 1 aromatic heterocycles. The number of hydrogen-bond acceptors (Lipinski definition) is 4. The number of aryl methyl sites for hydroxylation is 1. The molecule has 1 aromatic rings. The Labute approximate surface area is 102 Å². The predicted octanol–water partition coefficient (Wildman–Crippen LogP) is 1.78. The van der Waals surface area contributed by atoms with Gasteiger partial charge in [0.2, 0.25) is 0 Å². The molecular weight excluding hydrogens is 214 g/mol. The van der Waals surface area contributed by atoms with E-state index in [1.54, 1.807) is 6.33 Å². The number of nitrogens with one attached hydrogen (secondary N) is 1. The van der Waals surface area contributed by atoms with Crippen LogP contribution in [0.5, 0.6) is 0 Å². The molecule has 0 saturated carbocycles. The zero-order valence-electron chi connectivity index (χ0n) is 10.6. The third-order valence-electron chi connectivity index (χ3n) is 3.44. The first-order valence-corrected chi connectivity index (χ1v) is 6.42. The van der Waals surface area contributed by atoms with E-state index >= 15 is 0 Å². The maximum Gasteiger partial charge on any atom is 0.133 e. The standard InChI is InChI=1S/C13H21N3O/c1-9(2)11(6-7-17)16-13-10-4-3-5-12(10)14-8-15-13/h8-9,11,17H,3-7H2,1-2H3,(H,14,15,16). The highest BCUT2D eigenvalue weighted by Gasteiger charge is 2.20. The summed E-state index contributed by atoms with van der Waals surface area (Å²) in [7, 11) is 0. The number of anilines is 1. The molecule has 0 aliphatic heterocycles. The predicted molar refractivity (Wildman–Crippen MR) is 68.0 cm³/mol. The van der Waals surface area contributed by atoms with E-state index in [0.29, 0.717) is 5.92 Å². The molecule has 1 unspecified atom stereocenters. The van der Waals surface area contributed by atoms with Gasteiger partial charge in [0.1, 0.15) is 12.1 Å². The highest BCUT2D eigenvalue weighted by atomic mass is 16.3.